The average Bonchev–Trinajstić information content (AvgIpc) is 3.18. The Morgan fingerprint density at radius 3 is 2.67 bits per heavy atom. The predicted octanol–water partition coefficient (Wildman–Crippen LogP) is 3.38. The quantitative estimate of drug-likeness (QED) is 0.479. The van der Waals surface area contributed by atoms with Crippen LogP contribution >= 0.6 is 0 Å². The highest BCUT2D eigenvalue weighted by Crippen LogP contribution is 2.11. The lowest BCUT2D eigenvalue weighted by Crippen LogP contribution is -2.20. The highest BCUT2D eigenvalue weighted by Gasteiger charge is 2.07. The lowest BCUT2D eigenvalue weighted by atomic mass is 10.2. The summed E-state index contributed by atoms with van der Waals surface area (Å²) in [4.78, 5) is 21.5. The van der Waals surface area contributed by atoms with Gasteiger partial charge in [-0.15, -0.1) is 0 Å². The molecule has 5 rings (SSSR count). The maximum Gasteiger partial charge on any atom is 0.260 e. The van der Waals surface area contributed by atoms with Crippen LogP contribution < -0.4 is 10.9 Å². The van der Waals surface area contributed by atoms with E-state index in [1.165, 1.54) is 11.1 Å². The minimum absolute atomic E-state index is 0.0524. The van der Waals surface area contributed by atoms with E-state index >= 15 is 0 Å². The summed E-state index contributed by atoms with van der Waals surface area (Å²) in [5.74, 6) is 0. The van der Waals surface area contributed by atoms with Gasteiger partial charge in [-0.05, 0) is 34.7 Å². The van der Waals surface area contributed by atoms with Gasteiger partial charge in [-0.1, -0.05) is 36.4 Å². The maximum absolute atomic E-state index is 12.7. The molecule has 6 nitrogen and oxygen atoms in total. The third-order valence-electron chi connectivity index (χ3n) is 5.18. The second kappa shape index (κ2) is 7.93. The molecule has 0 aliphatic heterocycles. The van der Waals surface area contributed by atoms with E-state index in [4.69, 9.17) is 0 Å². The normalized spacial score (nSPS) is 11.3. The number of nitrogens with zero attached hydrogens (tertiary/aromatic N) is 4. The molecule has 0 saturated carbocycles. The number of pyridine rings is 3. The van der Waals surface area contributed by atoms with Crippen molar-refractivity contribution < 1.29 is 0 Å². The van der Waals surface area contributed by atoms with E-state index in [9.17, 15) is 4.79 Å². The molecule has 0 saturated heterocycles. The summed E-state index contributed by atoms with van der Waals surface area (Å²) < 4.78 is 3.69. The Balaban J connectivity index is 1.33. The van der Waals surface area contributed by atoms with E-state index < -0.39 is 0 Å². The number of rotatable bonds is 6. The first-order valence-electron chi connectivity index (χ1n) is 9.90. The number of nitrogens with one attached hydrogen (secondary N) is 1. The van der Waals surface area contributed by atoms with E-state index in [-0.39, 0.29) is 5.56 Å². The summed E-state index contributed by atoms with van der Waals surface area (Å²) in [5.41, 5.74) is 4.10. The van der Waals surface area contributed by atoms with Gasteiger partial charge in [-0.25, -0.2) is 4.98 Å². The highest BCUT2D eigenvalue weighted by molar-refractivity contribution is 5.80. The van der Waals surface area contributed by atoms with Gasteiger partial charge in [0.2, 0.25) is 0 Å². The van der Waals surface area contributed by atoms with Crippen LogP contribution in [0.25, 0.3) is 16.4 Å². The molecule has 0 aliphatic carbocycles. The highest BCUT2D eigenvalue weighted by atomic mass is 16.1. The third kappa shape index (κ3) is 3.73. The minimum atomic E-state index is -0.0524. The van der Waals surface area contributed by atoms with Crippen LogP contribution in [0.3, 0.4) is 0 Å². The van der Waals surface area contributed by atoms with Crippen LogP contribution in [-0.2, 0) is 19.6 Å². The molecule has 0 fully saturated rings. The zero-order valence-corrected chi connectivity index (χ0v) is 16.4. The number of aromatic nitrogens is 4. The van der Waals surface area contributed by atoms with Crippen LogP contribution in [-0.4, -0.2) is 18.9 Å². The van der Waals surface area contributed by atoms with Crippen molar-refractivity contribution in [2.45, 2.75) is 19.6 Å². The summed E-state index contributed by atoms with van der Waals surface area (Å²) >= 11 is 0. The Bertz CT molecular complexity index is 1370. The second-order valence-corrected chi connectivity index (χ2v) is 7.34. The summed E-state index contributed by atoms with van der Waals surface area (Å²) in [6.45, 7) is 2.02. The van der Waals surface area contributed by atoms with Crippen LogP contribution in [0, 0.1) is 0 Å². The van der Waals surface area contributed by atoms with E-state index in [1.807, 2.05) is 53.2 Å². The molecule has 1 N–H and O–H groups in total. The maximum atomic E-state index is 12.7. The number of hydrogen-bond acceptors (Lipinski definition) is 4. The fraction of sp³-hybridized carbons (Fsp3) is 0.125. The zero-order valence-electron chi connectivity index (χ0n) is 16.4. The fourth-order valence-electron chi connectivity index (χ4n) is 3.64. The van der Waals surface area contributed by atoms with Crippen molar-refractivity contribution in [2.24, 2.45) is 0 Å². The Labute approximate surface area is 173 Å². The van der Waals surface area contributed by atoms with Crippen molar-refractivity contribution in [1.29, 1.82) is 0 Å². The van der Waals surface area contributed by atoms with Gasteiger partial charge in [0.05, 0.1) is 17.6 Å². The molecule has 0 amide bonds. The van der Waals surface area contributed by atoms with Crippen LogP contribution in [0.5, 0.6) is 0 Å². The average molecular weight is 395 g/mol. The number of benzene rings is 1. The number of imidazole rings is 1. The Hall–Kier alpha value is -3.77. The van der Waals surface area contributed by atoms with Crippen LogP contribution in [0.15, 0.2) is 90.4 Å². The van der Waals surface area contributed by atoms with Crippen molar-refractivity contribution >= 4 is 16.4 Å². The van der Waals surface area contributed by atoms with E-state index in [1.54, 1.807) is 17.0 Å². The topological polar surface area (TPSA) is 64.2 Å². The van der Waals surface area contributed by atoms with Crippen molar-refractivity contribution in [3.8, 4) is 0 Å². The van der Waals surface area contributed by atoms with Crippen LogP contribution in [0.2, 0.25) is 0 Å². The fourth-order valence-corrected chi connectivity index (χ4v) is 3.64. The van der Waals surface area contributed by atoms with Crippen molar-refractivity contribution in [2.75, 3.05) is 0 Å². The summed E-state index contributed by atoms with van der Waals surface area (Å²) in [6.07, 6.45) is 9.19. The van der Waals surface area contributed by atoms with Crippen molar-refractivity contribution in [1.82, 2.24) is 24.3 Å². The first-order valence-corrected chi connectivity index (χ1v) is 9.90. The standard InChI is InChI=1S/C24H21N5O/c30-24-22-14-25-10-8-20(22)9-11-28(24)16-21-17-29-15-19(6-7-23(29)27-21)13-26-12-18-4-2-1-3-5-18/h1-11,14-15,17,26H,12-13,16H2. The van der Waals surface area contributed by atoms with Gasteiger partial charge in [-0.3, -0.25) is 9.78 Å². The predicted molar refractivity (Wildman–Crippen MR) is 117 cm³/mol. The van der Waals surface area contributed by atoms with Crippen molar-refractivity contribution in [3.05, 3.63) is 113 Å². The van der Waals surface area contributed by atoms with Gasteiger partial charge in [0.25, 0.3) is 5.56 Å². The van der Waals surface area contributed by atoms with Crippen molar-refractivity contribution in [3.63, 3.8) is 0 Å². The van der Waals surface area contributed by atoms with Gasteiger partial charge in [-0.2, -0.15) is 0 Å². The van der Waals surface area contributed by atoms with Gasteiger partial charge < -0.3 is 14.3 Å². The molecule has 0 spiro atoms. The Morgan fingerprint density at radius 1 is 0.900 bits per heavy atom. The van der Waals surface area contributed by atoms with Crippen LogP contribution in [0.4, 0.5) is 0 Å². The van der Waals surface area contributed by atoms with Gasteiger partial charge in [0.15, 0.2) is 0 Å². The monoisotopic (exact) mass is 395 g/mol. The number of hydrogen-bond donors (Lipinski definition) is 1. The molecular weight excluding hydrogens is 374 g/mol. The molecule has 4 aromatic heterocycles. The molecule has 0 aliphatic rings. The summed E-state index contributed by atoms with van der Waals surface area (Å²) in [7, 11) is 0. The molecular formula is C24H21N5O. The van der Waals surface area contributed by atoms with E-state index in [0.717, 1.165) is 29.8 Å². The molecule has 0 bridgehead atoms. The first kappa shape index (κ1) is 18.3. The molecule has 148 valence electrons. The number of fused-ring (bicyclic) bond motifs is 2. The largest absolute Gasteiger partial charge is 0.309 e. The smallest absolute Gasteiger partial charge is 0.260 e. The Morgan fingerprint density at radius 2 is 1.77 bits per heavy atom. The molecule has 1 aromatic carbocycles. The molecule has 0 radical (unpaired) electrons. The molecule has 5 aromatic rings. The van der Waals surface area contributed by atoms with Gasteiger partial charge in [0, 0.05) is 44.1 Å². The van der Waals surface area contributed by atoms with Gasteiger partial charge >= 0.3 is 0 Å². The summed E-state index contributed by atoms with van der Waals surface area (Å²) in [5, 5.41) is 4.99. The third-order valence-corrected chi connectivity index (χ3v) is 5.18. The zero-order chi connectivity index (χ0) is 20.3. The second-order valence-electron chi connectivity index (χ2n) is 7.34. The molecule has 30 heavy (non-hydrogen) atoms. The van der Waals surface area contributed by atoms with Crippen LogP contribution in [0.1, 0.15) is 16.8 Å². The lowest BCUT2D eigenvalue weighted by Gasteiger charge is -2.05. The molecule has 6 heteroatoms. The lowest BCUT2D eigenvalue weighted by molar-refractivity contribution is 0.690. The Kier molecular flexibility index (Phi) is 4.83. The van der Waals surface area contributed by atoms with E-state index in [2.05, 4.69) is 39.7 Å². The first-order chi connectivity index (χ1) is 14.8. The molecule has 4 heterocycles. The summed E-state index contributed by atoms with van der Waals surface area (Å²) in [6, 6.07) is 18.2. The SMILES string of the molecule is O=c1c2cnccc2ccn1Cc1cn2cc(CNCc3ccccc3)ccc2n1. The van der Waals surface area contributed by atoms with Gasteiger partial charge in [0.1, 0.15) is 5.65 Å². The molecule has 0 atom stereocenters. The van der Waals surface area contributed by atoms with E-state index in [0.29, 0.717) is 11.9 Å². The molecule has 0 unspecified atom stereocenters. The minimum Gasteiger partial charge on any atom is -0.309 e.